The molecular formula is C20H18N2O3. The van der Waals surface area contributed by atoms with Crippen LogP contribution < -0.4 is 14.9 Å². The Kier molecular flexibility index (Phi) is 4.95. The van der Waals surface area contributed by atoms with Crippen LogP contribution in [-0.2, 0) is 0 Å². The van der Waals surface area contributed by atoms with E-state index in [1.165, 1.54) is 7.11 Å². The number of carbonyl (C=O) groups excluding carboxylic acids is 1. The molecule has 0 heterocycles. The Balaban J connectivity index is 1.87. The number of amides is 1. The number of carbonyl (C=O) groups is 1. The maximum atomic E-state index is 12.3. The fraction of sp³-hybridized carbons (Fsp3) is 0.100. The summed E-state index contributed by atoms with van der Waals surface area (Å²) in [4.78, 5) is 12.3. The Bertz CT molecular complexity index is 935. The van der Waals surface area contributed by atoms with Crippen LogP contribution in [-0.4, -0.2) is 26.3 Å². The summed E-state index contributed by atoms with van der Waals surface area (Å²) < 4.78 is 10.6. The van der Waals surface area contributed by atoms with Crippen LogP contribution in [0.3, 0.4) is 0 Å². The standard InChI is InChI=1S/C20H18N2O3/c1-24-18-10-6-5-9-16(18)20(23)22-21-13-17-15-8-4-3-7-14(15)11-12-19(17)25-2/h3-13H,1-2H3,(H,22,23). The summed E-state index contributed by atoms with van der Waals surface area (Å²) in [5.74, 6) is 0.847. The third kappa shape index (κ3) is 3.45. The van der Waals surface area contributed by atoms with E-state index in [2.05, 4.69) is 10.5 Å². The van der Waals surface area contributed by atoms with Crippen molar-refractivity contribution >= 4 is 22.9 Å². The minimum Gasteiger partial charge on any atom is -0.496 e. The quantitative estimate of drug-likeness (QED) is 0.573. The van der Waals surface area contributed by atoms with Gasteiger partial charge in [0, 0.05) is 5.56 Å². The fourth-order valence-electron chi connectivity index (χ4n) is 2.63. The van der Waals surface area contributed by atoms with E-state index < -0.39 is 0 Å². The zero-order chi connectivity index (χ0) is 17.6. The lowest BCUT2D eigenvalue weighted by atomic mass is 10.0. The maximum absolute atomic E-state index is 12.3. The molecule has 0 fully saturated rings. The number of hydrazone groups is 1. The molecule has 5 nitrogen and oxygen atoms in total. The minimum absolute atomic E-state index is 0.340. The van der Waals surface area contributed by atoms with E-state index in [1.54, 1.807) is 37.6 Å². The second-order valence-electron chi connectivity index (χ2n) is 5.30. The van der Waals surface area contributed by atoms with Gasteiger partial charge in [0.15, 0.2) is 0 Å². The molecule has 5 heteroatoms. The van der Waals surface area contributed by atoms with Crippen molar-refractivity contribution in [3.05, 3.63) is 71.8 Å². The highest BCUT2D eigenvalue weighted by molar-refractivity contribution is 6.03. The summed E-state index contributed by atoms with van der Waals surface area (Å²) >= 11 is 0. The Hall–Kier alpha value is -3.34. The van der Waals surface area contributed by atoms with Gasteiger partial charge in [-0.05, 0) is 29.0 Å². The first-order valence-corrected chi connectivity index (χ1v) is 7.76. The molecule has 0 unspecified atom stereocenters. The SMILES string of the molecule is COc1ccccc1C(=O)NN=Cc1c(OC)ccc2ccccc12. The molecule has 3 aromatic rings. The summed E-state index contributed by atoms with van der Waals surface area (Å²) in [6.07, 6.45) is 1.59. The molecule has 1 N–H and O–H groups in total. The number of benzene rings is 3. The molecule has 0 saturated carbocycles. The van der Waals surface area contributed by atoms with Gasteiger partial charge in [-0.2, -0.15) is 5.10 Å². The van der Waals surface area contributed by atoms with Crippen molar-refractivity contribution in [3.8, 4) is 11.5 Å². The van der Waals surface area contributed by atoms with Gasteiger partial charge in [0.1, 0.15) is 11.5 Å². The van der Waals surface area contributed by atoms with Gasteiger partial charge in [-0.1, -0.05) is 42.5 Å². The molecule has 0 aromatic heterocycles. The van der Waals surface area contributed by atoms with Crippen LogP contribution in [0.15, 0.2) is 65.8 Å². The van der Waals surface area contributed by atoms with Gasteiger partial charge in [-0.15, -0.1) is 0 Å². The topological polar surface area (TPSA) is 59.9 Å². The largest absolute Gasteiger partial charge is 0.496 e. The second-order valence-corrected chi connectivity index (χ2v) is 5.30. The number of hydrogen-bond donors (Lipinski definition) is 1. The van der Waals surface area contributed by atoms with Gasteiger partial charge in [0.05, 0.1) is 26.0 Å². The predicted molar refractivity (Wildman–Crippen MR) is 98.6 cm³/mol. The third-order valence-corrected chi connectivity index (χ3v) is 3.86. The zero-order valence-corrected chi connectivity index (χ0v) is 14.0. The number of methoxy groups -OCH3 is 2. The van der Waals surface area contributed by atoms with E-state index in [-0.39, 0.29) is 5.91 Å². The zero-order valence-electron chi connectivity index (χ0n) is 14.0. The molecule has 0 radical (unpaired) electrons. The predicted octanol–water partition coefficient (Wildman–Crippen LogP) is 3.62. The Morgan fingerprint density at radius 1 is 0.920 bits per heavy atom. The normalized spacial score (nSPS) is 10.8. The molecule has 0 bridgehead atoms. The molecule has 25 heavy (non-hydrogen) atoms. The summed E-state index contributed by atoms with van der Waals surface area (Å²) in [6, 6.07) is 18.8. The molecular weight excluding hydrogens is 316 g/mol. The van der Waals surface area contributed by atoms with Crippen LogP contribution in [0.25, 0.3) is 10.8 Å². The average Bonchev–Trinajstić information content (AvgIpc) is 2.67. The van der Waals surface area contributed by atoms with Crippen molar-refractivity contribution in [1.29, 1.82) is 0 Å². The highest BCUT2D eigenvalue weighted by atomic mass is 16.5. The molecule has 3 aromatic carbocycles. The molecule has 0 spiro atoms. The van der Waals surface area contributed by atoms with E-state index in [0.717, 1.165) is 16.3 Å². The van der Waals surface area contributed by atoms with E-state index >= 15 is 0 Å². The smallest absolute Gasteiger partial charge is 0.275 e. The van der Waals surface area contributed by atoms with Crippen molar-refractivity contribution in [2.45, 2.75) is 0 Å². The third-order valence-electron chi connectivity index (χ3n) is 3.86. The first-order valence-electron chi connectivity index (χ1n) is 7.76. The molecule has 3 rings (SSSR count). The van der Waals surface area contributed by atoms with E-state index in [4.69, 9.17) is 9.47 Å². The molecule has 0 aliphatic rings. The van der Waals surface area contributed by atoms with Gasteiger partial charge in [-0.3, -0.25) is 4.79 Å². The fourth-order valence-corrected chi connectivity index (χ4v) is 2.63. The van der Waals surface area contributed by atoms with Gasteiger partial charge in [0.2, 0.25) is 0 Å². The Labute approximate surface area is 145 Å². The van der Waals surface area contributed by atoms with E-state index in [9.17, 15) is 4.79 Å². The van der Waals surface area contributed by atoms with Gasteiger partial charge in [0.25, 0.3) is 5.91 Å². The van der Waals surface area contributed by atoms with Crippen LogP contribution in [0.1, 0.15) is 15.9 Å². The van der Waals surface area contributed by atoms with Crippen molar-refractivity contribution in [2.24, 2.45) is 5.10 Å². The maximum Gasteiger partial charge on any atom is 0.275 e. The van der Waals surface area contributed by atoms with E-state index in [1.807, 2.05) is 36.4 Å². The van der Waals surface area contributed by atoms with Gasteiger partial charge in [-0.25, -0.2) is 5.43 Å². The second kappa shape index (κ2) is 7.49. The molecule has 0 aliphatic carbocycles. The van der Waals surface area contributed by atoms with Crippen molar-refractivity contribution < 1.29 is 14.3 Å². The molecule has 1 amide bonds. The molecule has 0 aliphatic heterocycles. The number of ether oxygens (including phenoxy) is 2. The number of hydrogen-bond acceptors (Lipinski definition) is 4. The number of rotatable bonds is 5. The van der Waals surface area contributed by atoms with Gasteiger partial charge >= 0.3 is 0 Å². The lowest BCUT2D eigenvalue weighted by Crippen LogP contribution is -2.18. The number of nitrogens with one attached hydrogen (secondary N) is 1. The van der Waals surface area contributed by atoms with Crippen molar-refractivity contribution in [1.82, 2.24) is 5.43 Å². The van der Waals surface area contributed by atoms with Gasteiger partial charge < -0.3 is 9.47 Å². The number of fused-ring (bicyclic) bond motifs is 1. The molecule has 0 atom stereocenters. The Morgan fingerprint density at radius 2 is 1.64 bits per heavy atom. The Morgan fingerprint density at radius 3 is 2.44 bits per heavy atom. The van der Waals surface area contributed by atoms with Crippen molar-refractivity contribution in [2.75, 3.05) is 14.2 Å². The highest BCUT2D eigenvalue weighted by Gasteiger charge is 2.11. The summed E-state index contributed by atoms with van der Waals surface area (Å²) in [7, 11) is 3.13. The van der Waals surface area contributed by atoms with Crippen LogP contribution in [0.4, 0.5) is 0 Å². The summed E-state index contributed by atoms with van der Waals surface area (Å²) in [6.45, 7) is 0. The van der Waals surface area contributed by atoms with Crippen LogP contribution in [0.2, 0.25) is 0 Å². The average molecular weight is 334 g/mol. The van der Waals surface area contributed by atoms with Crippen LogP contribution in [0.5, 0.6) is 11.5 Å². The van der Waals surface area contributed by atoms with Crippen LogP contribution in [0, 0.1) is 0 Å². The lowest BCUT2D eigenvalue weighted by Gasteiger charge is -2.09. The minimum atomic E-state index is -0.340. The number of nitrogens with zero attached hydrogens (tertiary/aromatic N) is 1. The first kappa shape index (κ1) is 16.5. The molecule has 0 saturated heterocycles. The molecule has 126 valence electrons. The van der Waals surface area contributed by atoms with Crippen LogP contribution >= 0.6 is 0 Å². The summed E-state index contributed by atoms with van der Waals surface area (Å²) in [5, 5.41) is 6.16. The van der Waals surface area contributed by atoms with E-state index in [0.29, 0.717) is 17.1 Å². The summed E-state index contributed by atoms with van der Waals surface area (Å²) in [5.41, 5.74) is 3.76. The van der Waals surface area contributed by atoms with Crippen molar-refractivity contribution in [3.63, 3.8) is 0 Å². The lowest BCUT2D eigenvalue weighted by molar-refractivity contribution is 0.0952. The first-order chi connectivity index (χ1) is 12.2. The number of para-hydroxylation sites is 1. The monoisotopic (exact) mass is 334 g/mol. The highest BCUT2D eigenvalue weighted by Crippen LogP contribution is 2.26.